The Morgan fingerprint density at radius 2 is 2.06 bits per heavy atom. The zero-order chi connectivity index (χ0) is 12.3. The van der Waals surface area contributed by atoms with Crippen molar-refractivity contribution in [2.24, 2.45) is 5.14 Å². The lowest BCUT2D eigenvalue weighted by atomic mass is 10.3. The average Bonchev–Trinajstić information content (AvgIpc) is 2.15. The summed E-state index contributed by atoms with van der Waals surface area (Å²) in [6.07, 6.45) is 0. The molecule has 8 heteroatoms. The van der Waals surface area contributed by atoms with Gasteiger partial charge in [0, 0.05) is 0 Å². The predicted molar refractivity (Wildman–Crippen MR) is 62.2 cm³/mol. The molecule has 3 N–H and O–H groups in total. The van der Waals surface area contributed by atoms with Gasteiger partial charge in [-0.05, 0) is 12.1 Å². The van der Waals surface area contributed by atoms with Gasteiger partial charge in [-0.3, -0.25) is 4.79 Å². The summed E-state index contributed by atoms with van der Waals surface area (Å²) in [5.74, 6) is -0.842. The standard InChI is InChI=1S/C8H8Cl2N2O3S/c9-4-7(13)12-6-3-1-2-5(10)8(6)16(11,14)15/h1-3H,4H2,(H,12,13)(H2,11,14,15). The summed E-state index contributed by atoms with van der Waals surface area (Å²) in [6.45, 7) is 0. The molecule has 5 nitrogen and oxygen atoms in total. The molecule has 0 saturated heterocycles. The molecule has 1 rings (SSSR count). The maximum absolute atomic E-state index is 11.3. The third-order valence-corrected chi connectivity index (χ3v) is 3.33. The second kappa shape index (κ2) is 5.01. The van der Waals surface area contributed by atoms with Crippen molar-refractivity contribution >= 4 is 44.8 Å². The predicted octanol–water partition coefficient (Wildman–Crippen LogP) is 1.16. The van der Waals surface area contributed by atoms with Crippen LogP contribution < -0.4 is 10.5 Å². The quantitative estimate of drug-likeness (QED) is 0.816. The Morgan fingerprint density at radius 1 is 1.44 bits per heavy atom. The van der Waals surface area contributed by atoms with E-state index in [0.717, 1.165) is 0 Å². The Morgan fingerprint density at radius 3 is 2.56 bits per heavy atom. The van der Waals surface area contributed by atoms with Gasteiger partial charge in [-0.1, -0.05) is 17.7 Å². The normalized spacial score (nSPS) is 11.2. The molecule has 1 aromatic carbocycles. The van der Waals surface area contributed by atoms with Crippen LogP contribution in [-0.2, 0) is 14.8 Å². The third kappa shape index (κ3) is 3.08. The van der Waals surface area contributed by atoms with Gasteiger partial charge in [-0.2, -0.15) is 0 Å². The number of nitrogens with two attached hydrogens (primary N) is 1. The summed E-state index contributed by atoms with van der Waals surface area (Å²) < 4.78 is 22.5. The first-order chi connectivity index (χ1) is 7.36. The number of anilines is 1. The van der Waals surface area contributed by atoms with Gasteiger partial charge in [-0.15, -0.1) is 11.6 Å². The van der Waals surface area contributed by atoms with Crippen molar-refractivity contribution in [3.05, 3.63) is 23.2 Å². The van der Waals surface area contributed by atoms with E-state index in [9.17, 15) is 13.2 Å². The maximum atomic E-state index is 11.3. The van der Waals surface area contributed by atoms with Gasteiger partial charge in [0.15, 0.2) is 0 Å². The highest BCUT2D eigenvalue weighted by Gasteiger charge is 2.19. The van der Waals surface area contributed by atoms with Gasteiger partial charge in [0.25, 0.3) is 0 Å². The molecule has 0 unspecified atom stereocenters. The molecule has 0 aliphatic carbocycles. The molecule has 0 spiro atoms. The van der Waals surface area contributed by atoms with Crippen LogP contribution in [0, 0.1) is 0 Å². The monoisotopic (exact) mass is 282 g/mol. The first-order valence-electron chi connectivity index (χ1n) is 4.03. The number of carbonyl (C=O) groups excluding carboxylic acids is 1. The molecular formula is C8H8Cl2N2O3S. The Hall–Kier alpha value is -0.820. The van der Waals surface area contributed by atoms with Gasteiger partial charge in [0.05, 0.1) is 10.7 Å². The number of primary sulfonamides is 1. The molecule has 0 atom stereocenters. The summed E-state index contributed by atoms with van der Waals surface area (Å²) in [6, 6.07) is 4.22. The number of amides is 1. The van der Waals surface area contributed by atoms with Crippen LogP contribution in [0.1, 0.15) is 0 Å². The van der Waals surface area contributed by atoms with Crippen LogP contribution in [0.4, 0.5) is 5.69 Å². The number of halogens is 2. The van der Waals surface area contributed by atoms with Crippen molar-refractivity contribution in [1.82, 2.24) is 0 Å². The molecule has 0 fully saturated rings. The number of alkyl halides is 1. The highest BCUT2D eigenvalue weighted by Crippen LogP contribution is 2.28. The van der Waals surface area contributed by atoms with Crippen molar-refractivity contribution < 1.29 is 13.2 Å². The van der Waals surface area contributed by atoms with Crippen LogP contribution in [0.15, 0.2) is 23.1 Å². The molecule has 88 valence electrons. The largest absolute Gasteiger partial charge is 0.324 e. The first-order valence-corrected chi connectivity index (χ1v) is 6.49. The number of benzene rings is 1. The molecule has 0 radical (unpaired) electrons. The molecular weight excluding hydrogens is 275 g/mol. The zero-order valence-electron chi connectivity index (χ0n) is 7.91. The minimum Gasteiger partial charge on any atom is -0.324 e. The minimum atomic E-state index is -4.01. The smallest absolute Gasteiger partial charge is 0.241 e. The molecule has 16 heavy (non-hydrogen) atoms. The molecule has 0 aliphatic heterocycles. The van der Waals surface area contributed by atoms with Crippen LogP contribution in [0.3, 0.4) is 0 Å². The van der Waals surface area contributed by atoms with E-state index in [-0.39, 0.29) is 21.5 Å². The number of rotatable bonds is 3. The summed E-state index contributed by atoms with van der Waals surface area (Å²) >= 11 is 11.0. The van der Waals surface area contributed by atoms with Gasteiger partial charge < -0.3 is 5.32 Å². The SMILES string of the molecule is NS(=O)(=O)c1c(Cl)cccc1NC(=O)CCl. The lowest BCUT2D eigenvalue weighted by molar-refractivity contribution is -0.113. The maximum Gasteiger partial charge on any atom is 0.241 e. The van der Waals surface area contributed by atoms with Crippen molar-refractivity contribution in [1.29, 1.82) is 0 Å². The number of hydrogen-bond acceptors (Lipinski definition) is 3. The van der Waals surface area contributed by atoms with Gasteiger partial charge in [0.2, 0.25) is 15.9 Å². The Balaban J connectivity index is 3.30. The molecule has 0 bridgehead atoms. The number of nitrogens with one attached hydrogen (secondary N) is 1. The van der Waals surface area contributed by atoms with Crippen LogP contribution in [0.2, 0.25) is 5.02 Å². The molecule has 0 aromatic heterocycles. The molecule has 0 heterocycles. The van der Waals surface area contributed by atoms with E-state index in [1.165, 1.54) is 18.2 Å². The number of sulfonamides is 1. The third-order valence-electron chi connectivity index (χ3n) is 1.65. The topological polar surface area (TPSA) is 89.3 Å². The van der Waals surface area contributed by atoms with E-state index < -0.39 is 15.9 Å². The Labute approximate surface area is 103 Å². The molecule has 0 aliphatic rings. The van der Waals surface area contributed by atoms with Gasteiger partial charge in [-0.25, -0.2) is 13.6 Å². The Bertz CT molecular complexity index is 516. The van der Waals surface area contributed by atoms with Crippen molar-refractivity contribution in [3.8, 4) is 0 Å². The summed E-state index contributed by atoms with van der Waals surface area (Å²) in [5, 5.41) is 7.21. The first kappa shape index (κ1) is 13.2. The number of hydrogen-bond donors (Lipinski definition) is 2. The lowest BCUT2D eigenvalue weighted by Gasteiger charge is -2.09. The lowest BCUT2D eigenvalue weighted by Crippen LogP contribution is -2.19. The highest BCUT2D eigenvalue weighted by molar-refractivity contribution is 7.89. The van der Waals surface area contributed by atoms with Gasteiger partial charge >= 0.3 is 0 Å². The fourth-order valence-corrected chi connectivity index (χ4v) is 2.41. The highest BCUT2D eigenvalue weighted by atomic mass is 35.5. The van der Waals surface area contributed by atoms with E-state index >= 15 is 0 Å². The fraction of sp³-hybridized carbons (Fsp3) is 0.125. The zero-order valence-corrected chi connectivity index (χ0v) is 10.2. The second-order valence-corrected chi connectivity index (χ2v) is 5.02. The average molecular weight is 283 g/mol. The summed E-state index contributed by atoms with van der Waals surface area (Å²) in [5.41, 5.74) is 0.0145. The van der Waals surface area contributed by atoms with Crippen LogP contribution in [0.5, 0.6) is 0 Å². The van der Waals surface area contributed by atoms with Crippen LogP contribution >= 0.6 is 23.2 Å². The van der Waals surface area contributed by atoms with E-state index in [1.807, 2.05) is 0 Å². The van der Waals surface area contributed by atoms with E-state index in [4.69, 9.17) is 28.3 Å². The summed E-state index contributed by atoms with van der Waals surface area (Å²) in [7, 11) is -4.01. The van der Waals surface area contributed by atoms with Crippen LogP contribution in [-0.4, -0.2) is 20.2 Å². The van der Waals surface area contributed by atoms with Crippen molar-refractivity contribution in [2.75, 3.05) is 11.2 Å². The van der Waals surface area contributed by atoms with E-state index in [1.54, 1.807) is 0 Å². The summed E-state index contributed by atoms with van der Waals surface area (Å²) in [4.78, 5) is 10.7. The number of carbonyl (C=O) groups is 1. The molecule has 1 aromatic rings. The second-order valence-electron chi connectivity index (χ2n) is 2.84. The van der Waals surface area contributed by atoms with Crippen molar-refractivity contribution in [2.45, 2.75) is 4.90 Å². The van der Waals surface area contributed by atoms with E-state index in [0.29, 0.717) is 0 Å². The molecule has 1 amide bonds. The van der Waals surface area contributed by atoms with Gasteiger partial charge in [0.1, 0.15) is 10.8 Å². The van der Waals surface area contributed by atoms with Crippen molar-refractivity contribution in [3.63, 3.8) is 0 Å². The minimum absolute atomic E-state index is 0.0145. The van der Waals surface area contributed by atoms with Crippen LogP contribution in [0.25, 0.3) is 0 Å². The molecule has 0 saturated carbocycles. The fourth-order valence-electron chi connectivity index (χ4n) is 1.08. The Kier molecular flexibility index (Phi) is 4.15. The van der Waals surface area contributed by atoms with E-state index in [2.05, 4.69) is 5.32 Å².